The maximum atomic E-state index is 12.9. The summed E-state index contributed by atoms with van der Waals surface area (Å²) in [5.41, 5.74) is 1.18. The van der Waals surface area contributed by atoms with Crippen molar-refractivity contribution in [3.8, 4) is 0 Å². The molecule has 4 aliphatic rings. The maximum absolute atomic E-state index is 12.9. The Kier molecular flexibility index (Phi) is 9.60. The van der Waals surface area contributed by atoms with Crippen LogP contribution in [-0.4, -0.2) is 56.1 Å². The Morgan fingerprint density at radius 1 is 1.00 bits per heavy atom. The third-order valence-corrected chi connectivity index (χ3v) is 13.4. The second-order valence-corrected chi connectivity index (χ2v) is 16.9. The lowest BCUT2D eigenvalue weighted by molar-refractivity contribution is -0.174. The minimum Gasteiger partial charge on any atom is -0.481 e. The van der Waals surface area contributed by atoms with E-state index >= 15 is 0 Å². The van der Waals surface area contributed by atoms with Crippen molar-refractivity contribution in [1.29, 1.82) is 0 Å². The van der Waals surface area contributed by atoms with Crippen LogP contribution in [0, 0.1) is 45.3 Å². The van der Waals surface area contributed by atoms with E-state index < -0.39 is 42.0 Å². The summed E-state index contributed by atoms with van der Waals surface area (Å²) >= 11 is 0. The smallest absolute Gasteiger partial charge is 0.309 e. The molecular weight excluding hydrogens is 572 g/mol. The summed E-state index contributed by atoms with van der Waals surface area (Å²) in [6.45, 7) is 20.9. The number of hydrogen-bond donors (Lipinski definition) is 4. The summed E-state index contributed by atoms with van der Waals surface area (Å²) in [5.74, 6) is -2.98. The van der Waals surface area contributed by atoms with Crippen LogP contribution in [0.3, 0.4) is 0 Å². The molecule has 8 heteroatoms. The zero-order valence-corrected chi connectivity index (χ0v) is 28.9. The van der Waals surface area contributed by atoms with Crippen LogP contribution < -0.4 is 0 Å². The first kappa shape index (κ1) is 35.7. The van der Waals surface area contributed by atoms with Gasteiger partial charge in [-0.05, 0) is 92.8 Å². The van der Waals surface area contributed by atoms with Crippen molar-refractivity contribution in [1.82, 2.24) is 0 Å². The normalized spacial score (nSPS) is 37.6. The van der Waals surface area contributed by atoms with E-state index in [-0.39, 0.29) is 46.0 Å². The highest BCUT2D eigenvalue weighted by Crippen LogP contribution is 2.72. The van der Waals surface area contributed by atoms with Gasteiger partial charge in [0, 0.05) is 11.3 Å². The first-order valence-electron chi connectivity index (χ1n) is 17.1. The number of carbonyl (C=O) groups is 3. The summed E-state index contributed by atoms with van der Waals surface area (Å²) in [6.07, 6.45) is 4.80. The molecule has 2 fully saturated rings. The van der Waals surface area contributed by atoms with E-state index in [0.717, 1.165) is 37.7 Å². The number of rotatable bonds is 11. The average Bonchev–Trinajstić information content (AvgIpc) is 3.09. The van der Waals surface area contributed by atoms with Crippen LogP contribution in [-0.2, 0) is 19.1 Å². The number of carboxylic acid groups (broad SMARTS) is 2. The number of ether oxygens (including phenoxy) is 1. The number of carboxylic acids is 2. The standard InChI is InChI=1S/C37H58O8/c1-21(2)22(3)10-11-23(32(42)43)31-26(38)18-37(9)25-12-13-27-33(4,5)28(45-30(41)20-34(6,44)19-29(39)40)15-16-35(27,7)24(25)14-17-36(31,37)8/h21,23,26-28,31,38,44H,3,10-20H2,1-2,4-9H3,(H,39,40)(H,42,43)/t23-,26-,27+,28-,31+,34+,35-,36-,37+/m1/s1. The zero-order chi connectivity index (χ0) is 33.9. The number of carbonyl (C=O) groups excluding carboxylic acids is 1. The van der Waals surface area contributed by atoms with E-state index in [0.29, 0.717) is 31.6 Å². The SMILES string of the molecule is C=C(CC[C@@H](C(=O)O)[C@H]1[C@H](O)C[C@@]2(C)C3=C(CC[C@]12C)[C@@]1(C)CC[C@@H](OC(=O)C[C@@](C)(O)CC(=O)O)C(C)(C)[C@@H]1CC3)C(C)C. The first-order valence-corrected chi connectivity index (χ1v) is 17.1. The molecule has 2 saturated carbocycles. The molecule has 0 unspecified atom stereocenters. The summed E-state index contributed by atoms with van der Waals surface area (Å²) in [7, 11) is 0. The summed E-state index contributed by atoms with van der Waals surface area (Å²) < 4.78 is 5.99. The van der Waals surface area contributed by atoms with E-state index in [2.05, 4.69) is 55.0 Å². The molecule has 4 N–H and O–H groups in total. The van der Waals surface area contributed by atoms with Gasteiger partial charge in [0.25, 0.3) is 0 Å². The highest BCUT2D eigenvalue weighted by atomic mass is 16.5. The van der Waals surface area contributed by atoms with Crippen LogP contribution in [0.2, 0.25) is 0 Å². The largest absolute Gasteiger partial charge is 0.481 e. The van der Waals surface area contributed by atoms with Crippen molar-refractivity contribution in [2.24, 2.45) is 45.3 Å². The van der Waals surface area contributed by atoms with Crippen LogP contribution in [0.1, 0.15) is 126 Å². The number of aliphatic hydroxyl groups excluding tert-OH is 1. The second-order valence-electron chi connectivity index (χ2n) is 16.9. The van der Waals surface area contributed by atoms with E-state index in [1.807, 2.05) is 0 Å². The van der Waals surface area contributed by atoms with Gasteiger partial charge in [-0.15, -0.1) is 0 Å². The van der Waals surface area contributed by atoms with Gasteiger partial charge in [-0.2, -0.15) is 0 Å². The third kappa shape index (κ3) is 6.15. The van der Waals surface area contributed by atoms with Crippen LogP contribution in [0.4, 0.5) is 0 Å². The van der Waals surface area contributed by atoms with Crippen molar-refractivity contribution >= 4 is 17.9 Å². The van der Waals surface area contributed by atoms with Gasteiger partial charge in [0.05, 0.1) is 30.5 Å². The lowest BCUT2D eigenvalue weighted by atomic mass is 9.43. The van der Waals surface area contributed by atoms with E-state index in [4.69, 9.17) is 9.84 Å². The Bertz CT molecular complexity index is 1240. The van der Waals surface area contributed by atoms with Crippen LogP contribution in [0.5, 0.6) is 0 Å². The number of hydrogen-bond acceptors (Lipinski definition) is 6. The third-order valence-electron chi connectivity index (χ3n) is 13.4. The van der Waals surface area contributed by atoms with Crippen molar-refractivity contribution in [2.75, 3.05) is 0 Å². The fraction of sp³-hybridized carbons (Fsp3) is 0.811. The predicted octanol–water partition coefficient (Wildman–Crippen LogP) is 6.93. The molecule has 0 radical (unpaired) electrons. The second kappa shape index (κ2) is 12.1. The Balaban J connectivity index is 1.60. The van der Waals surface area contributed by atoms with Gasteiger partial charge in [-0.3, -0.25) is 14.4 Å². The number of aliphatic hydroxyl groups is 2. The molecule has 254 valence electrons. The molecule has 4 rings (SSSR count). The fourth-order valence-corrected chi connectivity index (χ4v) is 10.7. The van der Waals surface area contributed by atoms with Crippen molar-refractivity contribution in [3.05, 3.63) is 23.3 Å². The van der Waals surface area contributed by atoms with Gasteiger partial charge < -0.3 is 25.2 Å². The highest BCUT2D eigenvalue weighted by molar-refractivity contribution is 5.74. The van der Waals surface area contributed by atoms with Crippen molar-refractivity contribution in [2.45, 2.75) is 144 Å². The quantitative estimate of drug-likeness (QED) is 0.142. The zero-order valence-electron chi connectivity index (χ0n) is 28.9. The van der Waals surface area contributed by atoms with Gasteiger partial charge in [0.2, 0.25) is 0 Å². The van der Waals surface area contributed by atoms with E-state index in [1.54, 1.807) is 0 Å². The molecule has 8 nitrogen and oxygen atoms in total. The molecule has 0 amide bonds. The molecular formula is C37H58O8. The minimum absolute atomic E-state index is 0.108. The first-order chi connectivity index (χ1) is 20.6. The number of fused-ring (bicyclic) bond motifs is 4. The molecule has 0 spiro atoms. The molecule has 0 aromatic carbocycles. The Morgan fingerprint density at radius 3 is 2.22 bits per heavy atom. The lowest BCUT2D eigenvalue weighted by Crippen LogP contribution is -2.56. The molecule has 0 aromatic heterocycles. The Morgan fingerprint density at radius 2 is 1.64 bits per heavy atom. The van der Waals surface area contributed by atoms with Gasteiger partial charge in [0.15, 0.2) is 0 Å². The average molecular weight is 631 g/mol. The van der Waals surface area contributed by atoms with Gasteiger partial charge in [0.1, 0.15) is 6.10 Å². The Hall–Kier alpha value is -2.19. The van der Waals surface area contributed by atoms with Gasteiger partial charge >= 0.3 is 17.9 Å². The van der Waals surface area contributed by atoms with Crippen molar-refractivity contribution in [3.63, 3.8) is 0 Å². The maximum Gasteiger partial charge on any atom is 0.309 e. The van der Waals surface area contributed by atoms with E-state index in [9.17, 15) is 29.7 Å². The molecule has 4 aliphatic carbocycles. The highest BCUT2D eigenvalue weighted by Gasteiger charge is 2.67. The lowest BCUT2D eigenvalue weighted by Gasteiger charge is -2.62. The molecule has 45 heavy (non-hydrogen) atoms. The summed E-state index contributed by atoms with van der Waals surface area (Å²) in [6, 6.07) is 0. The van der Waals surface area contributed by atoms with Crippen LogP contribution in [0.25, 0.3) is 0 Å². The van der Waals surface area contributed by atoms with Gasteiger partial charge in [-0.25, -0.2) is 0 Å². The number of allylic oxidation sites excluding steroid dienone is 3. The number of aliphatic carboxylic acids is 2. The van der Waals surface area contributed by atoms with E-state index in [1.165, 1.54) is 18.1 Å². The fourth-order valence-electron chi connectivity index (χ4n) is 10.7. The summed E-state index contributed by atoms with van der Waals surface area (Å²) in [4.78, 5) is 36.7. The molecule has 0 saturated heterocycles. The van der Waals surface area contributed by atoms with Crippen molar-refractivity contribution < 1.29 is 39.5 Å². The molecule has 0 heterocycles. The molecule has 0 bridgehead atoms. The van der Waals surface area contributed by atoms with Crippen LogP contribution >= 0.6 is 0 Å². The Labute approximate surface area is 269 Å². The topological polar surface area (TPSA) is 141 Å². The van der Waals surface area contributed by atoms with Gasteiger partial charge in [-0.1, -0.05) is 71.8 Å². The predicted molar refractivity (Wildman–Crippen MR) is 172 cm³/mol. The number of esters is 1. The van der Waals surface area contributed by atoms with Crippen LogP contribution in [0.15, 0.2) is 23.3 Å². The molecule has 0 aliphatic heterocycles. The molecule has 0 aromatic rings. The summed E-state index contributed by atoms with van der Waals surface area (Å²) in [5, 5.41) is 41.6. The monoisotopic (exact) mass is 630 g/mol. The minimum atomic E-state index is -1.67. The molecule has 9 atom stereocenters.